The van der Waals surface area contributed by atoms with Crippen molar-refractivity contribution in [3.63, 3.8) is 0 Å². The highest BCUT2D eigenvalue weighted by molar-refractivity contribution is 5.95. The van der Waals surface area contributed by atoms with E-state index < -0.39 is 30.1 Å². The molecule has 12 nitrogen and oxygen atoms in total. The van der Waals surface area contributed by atoms with Gasteiger partial charge in [-0.15, -0.1) is 0 Å². The van der Waals surface area contributed by atoms with E-state index in [9.17, 15) is 22.8 Å². The number of aliphatic carboxylic acids is 1. The van der Waals surface area contributed by atoms with E-state index in [0.717, 1.165) is 0 Å². The summed E-state index contributed by atoms with van der Waals surface area (Å²) >= 11 is 0. The standard InChI is InChI=1S/C27H31N5O5.C2HF3O2/c1-4-36-23-15-19(9-14-22(23)37-16(2)3)24(30-20-10-5-17(6-11-20)25(28)29)26(33)32-31-21-12-7-18(8-13-21)27(34)35;3-2(4,5)1(6)7/h5-16,24,30-31H,4H2,1-3H3,(H3,28,29)(H,32,33)(H,34,35);(H,6,7). The Morgan fingerprint density at radius 2 is 1.45 bits per heavy atom. The van der Waals surface area contributed by atoms with E-state index in [0.29, 0.717) is 40.6 Å². The number of nitrogens with two attached hydrogens (primary N) is 1. The summed E-state index contributed by atoms with van der Waals surface area (Å²) < 4.78 is 43.4. The van der Waals surface area contributed by atoms with E-state index in [4.69, 9.17) is 35.6 Å². The van der Waals surface area contributed by atoms with Crippen molar-refractivity contribution < 1.29 is 47.2 Å². The van der Waals surface area contributed by atoms with Gasteiger partial charge in [-0.2, -0.15) is 13.2 Å². The third-order valence-electron chi connectivity index (χ3n) is 5.44. The number of rotatable bonds is 12. The van der Waals surface area contributed by atoms with Crippen LogP contribution in [0.2, 0.25) is 0 Å². The van der Waals surface area contributed by atoms with Gasteiger partial charge in [0, 0.05) is 11.3 Å². The number of halogens is 3. The number of carbonyl (C=O) groups excluding carboxylic acids is 1. The number of ether oxygens (including phenoxy) is 2. The molecule has 0 aromatic heterocycles. The molecule has 1 amide bonds. The molecule has 0 aliphatic heterocycles. The molecule has 1 unspecified atom stereocenters. The zero-order chi connectivity index (χ0) is 33.0. The molecular formula is C29H32F3N5O7. The average molecular weight is 620 g/mol. The number of hydrogen-bond acceptors (Lipinski definition) is 8. The summed E-state index contributed by atoms with van der Waals surface area (Å²) in [6.45, 7) is 6.12. The summed E-state index contributed by atoms with van der Waals surface area (Å²) in [5.41, 5.74) is 13.5. The van der Waals surface area contributed by atoms with E-state index in [-0.39, 0.29) is 17.5 Å². The Balaban J connectivity index is 0.000000860. The van der Waals surface area contributed by atoms with Crippen LogP contribution in [-0.4, -0.2) is 52.8 Å². The second kappa shape index (κ2) is 15.7. The number of aromatic carboxylic acids is 1. The molecule has 0 spiro atoms. The molecule has 0 radical (unpaired) electrons. The van der Waals surface area contributed by atoms with Gasteiger partial charge in [-0.1, -0.05) is 6.07 Å². The van der Waals surface area contributed by atoms with Crippen LogP contribution < -0.4 is 31.4 Å². The molecule has 3 aromatic rings. The molecule has 0 saturated carbocycles. The molecule has 0 saturated heterocycles. The number of amides is 1. The number of alkyl halides is 3. The van der Waals surface area contributed by atoms with Crippen molar-refractivity contribution in [3.05, 3.63) is 83.4 Å². The SMILES string of the molecule is CCOc1cc(C(Nc2ccc(C(=N)N)cc2)C(=O)NNc2ccc(C(=O)O)cc2)ccc1OC(C)C.O=C(O)C(F)(F)F. The number of benzene rings is 3. The Labute approximate surface area is 250 Å². The number of carbonyl (C=O) groups is 3. The quantitative estimate of drug-likeness (QED) is 0.0841. The number of carboxylic acids is 2. The second-order valence-corrected chi connectivity index (χ2v) is 9.17. The minimum atomic E-state index is -5.08. The minimum Gasteiger partial charge on any atom is -0.490 e. The first kappa shape index (κ1) is 34.7. The van der Waals surface area contributed by atoms with Crippen molar-refractivity contribution in [1.82, 2.24) is 5.43 Å². The summed E-state index contributed by atoms with van der Waals surface area (Å²) in [5, 5.41) is 27.0. The van der Waals surface area contributed by atoms with Crippen LogP contribution in [0.1, 0.15) is 48.3 Å². The fraction of sp³-hybridized carbons (Fsp3) is 0.241. The van der Waals surface area contributed by atoms with E-state index >= 15 is 0 Å². The lowest BCUT2D eigenvalue weighted by Gasteiger charge is -2.22. The molecule has 8 N–H and O–H groups in total. The van der Waals surface area contributed by atoms with Gasteiger partial charge < -0.3 is 30.7 Å². The lowest BCUT2D eigenvalue weighted by atomic mass is 10.0. The molecule has 3 rings (SSSR count). The van der Waals surface area contributed by atoms with Gasteiger partial charge in [-0.3, -0.25) is 21.1 Å². The van der Waals surface area contributed by atoms with Gasteiger partial charge >= 0.3 is 18.1 Å². The second-order valence-electron chi connectivity index (χ2n) is 9.17. The predicted octanol–water partition coefficient (Wildman–Crippen LogP) is 4.78. The molecule has 0 aliphatic rings. The van der Waals surface area contributed by atoms with E-state index in [2.05, 4.69) is 16.2 Å². The molecule has 3 aromatic carbocycles. The highest BCUT2D eigenvalue weighted by Gasteiger charge is 2.38. The number of nitrogen functional groups attached to an aromatic ring is 1. The number of carboxylic acid groups (broad SMARTS) is 2. The third kappa shape index (κ3) is 10.7. The first-order valence-electron chi connectivity index (χ1n) is 13.0. The number of hydrazine groups is 1. The number of hydrogen-bond donors (Lipinski definition) is 7. The largest absolute Gasteiger partial charge is 0.490 e. The van der Waals surface area contributed by atoms with Crippen molar-refractivity contribution in [2.45, 2.75) is 39.1 Å². The summed E-state index contributed by atoms with van der Waals surface area (Å²) in [4.78, 5) is 33.3. The monoisotopic (exact) mass is 619 g/mol. The summed E-state index contributed by atoms with van der Waals surface area (Å²) in [5.74, 6) is -3.17. The molecule has 0 bridgehead atoms. The number of amidine groups is 1. The summed E-state index contributed by atoms with van der Waals surface area (Å²) in [7, 11) is 0. The van der Waals surface area contributed by atoms with Gasteiger partial charge in [0.25, 0.3) is 5.91 Å². The highest BCUT2D eigenvalue weighted by Crippen LogP contribution is 2.33. The van der Waals surface area contributed by atoms with Gasteiger partial charge in [0.2, 0.25) is 0 Å². The predicted molar refractivity (Wildman–Crippen MR) is 156 cm³/mol. The van der Waals surface area contributed by atoms with Crippen molar-refractivity contribution in [1.29, 1.82) is 5.41 Å². The van der Waals surface area contributed by atoms with E-state index in [1.165, 1.54) is 12.1 Å². The van der Waals surface area contributed by atoms with Crippen LogP contribution in [0.4, 0.5) is 24.5 Å². The minimum absolute atomic E-state index is 0.0546. The van der Waals surface area contributed by atoms with Crippen LogP contribution in [0.15, 0.2) is 66.7 Å². The smallest absolute Gasteiger partial charge is 0.490 e. The lowest BCUT2D eigenvalue weighted by molar-refractivity contribution is -0.192. The van der Waals surface area contributed by atoms with Gasteiger partial charge in [-0.05, 0) is 87.0 Å². The zero-order valence-electron chi connectivity index (χ0n) is 23.9. The molecular weight excluding hydrogens is 587 g/mol. The fourth-order valence-corrected chi connectivity index (χ4v) is 3.44. The van der Waals surface area contributed by atoms with Crippen molar-refractivity contribution in [2.24, 2.45) is 5.73 Å². The molecule has 0 heterocycles. The van der Waals surface area contributed by atoms with E-state index in [1.54, 1.807) is 54.6 Å². The molecule has 1 atom stereocenters. The Kier molecular flexibility index (Phi) is 12.4. The van der Waals surface area contributed by atoms with Crippen LogP contribution in [-0.2, 0) is 9.59 Å². The molecule has 0 aliphatic carbocycles. The maximum atomic E-state index is 13.3. The maximum Gasteiger partial charge on any atom is 0.490 e. The maximum absolute atomic E-state index is 13.3. The Hall–Kier alpha value is -5.47. The first-order chi connectivity index (χ1) is 20.6. The zero-order valence-corrected chi connectivity index (χ0v) is 23.9. The Morgan fingerprint density at radius 1 is 0.909 bits per heavy atom. The van der Waals surface area contributed by atoms with Crippen molar-refractivity contribution in [3.8, 4) is 11.5 Å². The van der Waals surface area contributed by atoms with Crippen molar-refractivity contribution >= 4 is 35.1 Å². The van der Waals surface area contributed by atoms with Gasteiger partial charge in [0.1, 0.15) is 11.9 Å². The Bertz CT molecular complexity index is 1450. The average Bonchev–Trinajstić information content (AvgIpc) is 2.95. The molecule has 44 heavy (non-hydrogen) atoms. The summed E-state index contributed by atoms with van der Waals surface area (Å²) in [6, 6.07) is 17.3. The third-order valence-corrected chi connectivity index (χ3v) is 5.44. The van der Waals surface area contributed by atoms with Gasteiger partial charge in [-0.25, -0.2) is 9.59 Å². The van der Waals surface area contributed by atoms with Crippen LogP contribution in [0.5, 0.6) is 11.5 Å². The van der Waals surface area contributed by atoms with Crippen LogP contribution in [0, 0.1) is 5.41 Å². The van der Waals surface area contributed by atoms with Crippen molar-refractivity contribution in [2.75, 3.05) is 17.3 Å². The topological polar surface area (TPSA) is 196 Å². The van der Waals surface area contributed by atoms with Crippen LogP contribution >= 0.6 is 0 Å². The van der Waals surface area contributed by atoms with Crippen LogP contribution in [0.3, 0.4) is 0 Å². The van der Waals surface area contributed by atoms with Gasteiger partial charge in [0.15, 0.2) is 11.5 Å². The lowest BCUT2D eigenvalue weighted by Crippen LogP contribution is -2.37. The normalized spacial score (nSPS) is 11.3. The fourth-order valence-electron chi connectivity index (χ4n) is 3.44. The van der Waals surface area contributed by atoms with E-state index in [1.807, 2.05) is 20.8 Å². The van der Waals surface area contributed by atoms with Crippen LogP contribution in [0.25, 0.3) is 0 Å². The first-order valence-corrected chi connectivity index (χ1v) is 13.0. The molecule has 0 fully saturated rings. The number of anilines is 2. The van der Waals surface area contributed by atoms with Gasteiger partial charge in [0.05, 0.1) is 24.0 Å². The highest BCUT2D eigenvalue weighted by atomic mass is 19.4. The number of nitrogens with one attached hydrogen (secondary N) is 4. The molecule has 236 valence electrons. The summed E-state index contributed by atoms with van der Waals surface area (Å²) in [6.07, 6.45) is -5.14. The Morgan fingerprint density at radius 3 is 1.93 bits per heavy atom. The molecule has 15 heteroatoms.